The number of aromatic nitrogens is 1. The van der Waals surface area contributed by atoms with E-state index in [-0.39, 0.29) is 45.9 Å². The van der Waals surface area contributed by atoms with Crippen molar-refractivity contribution in [1.82, 2.24) is 10.3 Å². The van der Waals surface area contributed by atoms with Gasteiger partial charge in [-0.15, -0.1) is 24.8 Å². The van der Waals surface area contributed by atoms with E-state index in [1.165, 1.54) is 18.2 Å². The number of hydrogen-bond acceptors (Lipinski definition) is 7. The van der Waals surface area contributed by atoms with Gasteiger partial charge >= 0.3 is 0 Å². The normalized spacial score (nSPS) is 11.7. The van der Waals surface area contributed by atoms with Crippen LogP contribution in [0.25, 0.3) is 0 Å². The Hall–Kier alpha value is -2.69. The zero-order chi connectivity index (χ0) is 22.4. The van der Waals surface area contributed by atoms with E-state index in [4.69, 9.17) is 5.73 Å². The number of carbonyl (C=O) groups excluding carboxylic acids is 1. The second-order valence-electron chi connectivity index (χ2n) is 6.95. The van der Waals surface area contributed by atoms with Crippen LogP contribution in [0.4, 0.5) is 0 Å². The van der Waals surface area contributed by atoms with Crippen LogP contribution in [-0.2, 0) is 16.3 Å². The number of nitrogens with one attached hydrogen (secondary N) is 1. The third kappa shape index (κ3) is 7.15. The molecule has 5 N–H and O–H groups in total. The number of hydrogen-bond donors (Lipinski definition) is 4. The Morgan fingerprint density at radius 3 is 2.33 bits per heavy atom. The summed E-state index contributed by atoms with van der Waals surface area (Å²) in [5.41, 5.74) is 6.58. The highest BCUT2D eigenvalue weighted by Gasteiger charge is 2.20. The van der Waals surface area contributed by atoms with Gasteiger partial charge in [-0.05, 0) is 54.9 Å². The largest absolute Gasteiger partial charge is 0.507 e. The van der Waals surface area contributed by atoms with Crippen molar-refractivity contribution in [3.63, 3.8) is 0 Å². The molecule has 3 aromatic rings. The van der Waals surface area contributed by atoms with Crippen LogP contribution >= 0.6 is 24.8 Å². The Balaban J connectivity index is 0.00000272. The highest BCUT2D eigenvalue weighted by molar-refractivity contribution is 7.91. The van der Waals surface area contributed by atoms with Gasteiger partial charge in [0, 0.05) is 24.5 Å². The van der Waals surface area contributed by atoms with Crippen LogP contribution in [0.5, 0.6) is 5.75 Å². The molecule has 0 unspecified atom stereocenters. The van der Waals surface area contributed by atoms with E-state index in [0.717, 1.165) is 23.3 Å². The molecule has 3 rings (SSSR count). The van der Waals surface area contributed by atoms with Crippen molar-refractivity contribution < 1.29 is 23.4 Å². The molecule has 0 spiro atoms. The summed E-state index contributed by atoms with van der Waals surface area (Å²) in [6.45, 7) is 0.977. The van der Waals surface area contributed by atoms with E-state index >= 15 is 0 Å². The number of aliphatic hydroxyl groups excluding tert-OH is 1. The van der Waals surface area contributed by atoms with Crippen LogP contribution in [0.15, 0.2) is 76.8 Å². The van der Waals surface area contributed by atoms with Crippen LogP contribution in [0, 0.1) is 0 Å². The smallest absolute Gasteiger partial charge is 0.252 e. The van der Waals surface area contributed by atoms with Crippen LogP contribution in [0.1, 0.15) is 27.6 Å². The van der Waals surface area contributed by atoms with Gasteiger partial charge in [-0.25, -0.2) is 8.42 Å². The third-order valence-corrected chi connectivity index (χ3v) is 6.54. The Morgan fingerprint density at radius 2 is 1.73 bits per heavy atom. The lowest BCUT2D eigenvalue weighted by atomic mass is 10.1. The minimum atomic E-state index is -3.87. The van der Waals surface area contributed by atoms with E-state index in [1.807, 2.05) is 0 Å². The molecule has 8 nitrogen and oxygen atoms in total. The molecule has 0 fully saturated rings. The van der Waals surface area contributed by atoms with E-state index in [2.05, 4.69) is 10.3 Å². The summed E-state index contributed by atoms with van der Waals surface area (Å²) >= 11 is 0. The molecule has 0 saturated carbocycles. The number of nitrogens with zero attached hydrogens (tertiary/aromatic N) is 1. The van der Waals surface area contributed by atoms with E-state index in [0.29, 0.717) is 19.5 Å². The number of halogens is 2. The number of nitrogens with two attached hydrogens (primary N) is 1. The molecule has 178 valence electrons. The van der Waals surface area contributed by atoms with Gasteiger partial charge in [-0.3, -0.25) is 9.78 Å². The van der Waals surface area contributed by atoms with Crippen LogP contribution in [-0.4, -0.2) is 42.6 Å². The first kappa shape index (κ1) is 28.3. The number of pyridine rings is 1. The monoisotopic (exact) mass is 513 g/mol. The van der Waals surface area contributed by atoms with Gasteiger partial charge < -0.3 is 21.3 Å². The zero-order valence-corrected chi connectivity index (χ0v) is 19.9. The lowest BCUT2D eigenvalue weighted by molar-refractivity contribution is 0.0997. The molecule has 1 heterocycles. The predicted molar refractivity (Wildman–Crippen MR) is 129 cm³/mol. The summed E-state index contributed by atoms with van der Waals surface area (Å²) < 4.78 is 25.6. The topological polar surface area (TPSA) is 143 Å². The molecule has 0 bridgehead atoms. The number of sulfone groups is 1. The highest BCUT2D eigenvalue weighted by atomic mass is 35.5. The van der Waals surface area contributed by atoms with Crippen LogP contribution in [0.3, 0.4) is 0 Å². The lowest BCUT2D eigenvalue weighted by Crippen LogP contribution is -2.23. The lowest BCUT2D eigenvalue weighted by Gasteiger charge is -2.12. The SMILES string of the molecule is Cl.Cl.NC(=O)c1cc(S(=O)(=O)c2ccc(CCNC[C@H](O)c3cccnc3)cc2)ccc1O. The molecule has 0 aliphatic heterocycles. The summed E-state index contributed by atoms with van der Waals surface area (Å²) in [4.78, 5) is 15.3. The van der Waals surface area contributed by atoms with Crippen molar-refractivity contribution in [1.29, 1.82) is 0 Å². The molecular formula is C22H25Cl2N3O5S. The Bertz CT molecular complexity index is 1160. The Morgan fingerprint density at radius 1 is 1.06 bits per heavy atom. The van der Waals surface area contributed by atoms with Crippen LogP contribution in [0.2, 0.25) is 0 Å². The molecule has 1 aromatic heterocycles. The number of phenols is 1. The number of amides is 1. The van der Waals surface area contributed by atoms with Crippen LogP contribution < -0.4 is 11.1 Å². The number of primary amides is 1. The van der Waals surface area contributed by atoms with Crippen molar-refractivity contribution in [3.8, 4) is 5.75 Å². The summed E-state index contributed by atoms with van der Waals surface area (Å²) in [6, 6.07) is 13.4. The average molecular weight is 514 g/mol. The van der Waals surface area contributed by atoms with Gasteiger partial charge in [0.05, 0.1) is 21.5 Å². The van der Waals surface area contributed by atoms with Crippen molar-refractivity contribution in [2.45, 2.75) is 22.3 Å². The number of aliphatic hydroxyl groups is 1. The molecule has 2 aromatic carbocycles. The fourth-order valence-corrected chi connectivity index (χ4v) is 4.30. The maximum Gasteiger partial charge on any atom is 0.252 e. The van der Waals surface area contributed by atoms with Crippen molar-refractivity contribution in [2.24, 2.45) is 5.73 Å². The molecule has 0 radical (unpaired) electrons. The van der Waals surface area contributed by atoms with E-state index < -0.39 is 21.8 Å². The minimum Gasteiger partial charge on any atom is -0.507 e. The van der Waals surface area contributed by atoms with Gasteiger partial charge in [-0.1, -0.05) is 18.2 Å². The molecule has 0 saturated heterocycles. The first-order valence-corrected chi connectivity index (χ1v) is 11.0. The Kier molecular flexibility index (Phi) is 10.8. The molecule has 1 amide bonds. The molecule has 0 aliphatic rings. The molecule has 11 heteroatoms. The number of aromatic hydroxyl groups is 1. The first-order chi connectivity index (χ1) is 14.8. The second kappa shape index (κ2) is 12.5. The summed E-state index contributed by atoms with van der Waals surface area (Å²) in [5, 5.41) is 22.9. The fraction of sp³-hybridized carbons (Fsp3) is 0.182. The second-order valence-corrected chi connectivity index (χ2v) is 8.90. The zero-order valence-electron chi connectivity index (χ0n) is 17.4. The molecular weight excluding hydrogens is 489 g/mol. The maximum absolute atomic E-state index is 12.8. The standard InChI is InChI=1S/C22H23N3O5S.2ClH/c23-22(28)19-12-18(7-8-20(19)26)31(29,30)17-5-3-15(4-6-17)9-11-25-14-21(27)16-2-1-10-24-13-16;;/h1-8,10,12-13,21,25-27H,9,11,14H2,(H2,23,28);2*1H/t21-;;/m0../s1. The van der Waals surface area contributed by atoms with Gasteiger partial charge in [0.15, 0.2) is 0 Å². The van der Waals surface area contributed by atoms with Crippen molar-refractivity contribution in [2.75, 3.05) is 13.1 Å². The fourth-order valence-electron chi connectivity index (χ4n) is 3.01. The van der Waals surface area contributed by atoms with Crippen molar-refractivity contribution in [3.05, 3.63) is 83.7 Å². The van der Waals surface area contributed by atoms with Gasteiger partial charge in [0.1, 0.15) is 5.75 Å². The average Bonchev–Trinajstić information content (AvgIpc) is 2.77. The molecule has 33 heavy (non-hydrogen) atoms. The summed E-state index contributed by atoms with van der Waals surface area (Å²) in [6.07, 6.45) is 3.25. The predicted octanol–water partition coefficient (Wildman–Crippen LogP) is 2.43. The Labute approximate surface area is 204 Å². The maximum atomic E-state index is 12.8. The number of benzene rings is 2. The van der Waals surface area contributed by atoms with Gasteiger partial charge in [0.2, 0.25) is 9.84 Å². The summed E-state index contributed by atoms with van der Waals surface area (Å²) in [7, 11) is -3.87. The minimum absolute atomic E-state index is 0. The number of rotatable bonds is 9. The van der Waals surface area contributed by atoms with E-state index in [1.54, 1.807) is 36.7 Å². The quantitative estimate of drug-likeness (QED) is 0.321. The highest BCUT2D eigenvalue weighted by Crippen LogP contribution is 2.26. The van der Waals surface area contributed by atoms with Gasteiger partial charge in [0.25, 0.3) is 5.91 Å². The number of carbonyl (C=O) groups is 1. The summed E-state index contributed by atoms with van der Waals surface area (Å²) in [5.74, 6) is -1.28. The third-order valence-electron chi connectivity index (χ3n) is 4.77. The van der Waals surface area contributed by atoms with Gasteiger partial charge in [-0.2, -0.15) is 0 Å². The molecule has 1 atom stereocenters. The van der Waals surface area contributed by atoms with Crippen molar-refractivity contribution >= 4 is 40.6 Å². The first-order valence-electron chi connectivity index (χ1n) is 9.54. The van der Waals surface area contributed by atoms with E-state index in [9.17, 15) is 23.4 Å². The molecule has 0 aliphatic carbocycles.